The van der Waals surface area contributed by atoms with Crippen LogP contribution in [0, 0.1) is 19.8 Å². The average Bonchev–Trinajstić information content (AvgIpc) is 2.38. The van der Waals surface area contributed by atoms with Crippen LogP contribution in [0.2, 0.25) is 0 Å². The van der Waals surface area contributed by atoms with E-state index in [1.807, 2.05) is 0 Å². The van der Waals surface area contributed by atoms with Gasteiger partial charge in [-0.25, -0.2) is 0 Å². The molecule has 1 atom stereocenters. The summed E-state index contributed by atoms with van der Waals surface area (Å²) < 4.78 is 1.14. The van der Waals surface area contributed by atoms with Gasteiger partial charge in [0.2, 0.25) is 0 Å². The second-order valence-corrected chi connectivity index (χ2v) is 6.57. The maximum Gasteiger partial charge on any atom is 0.0537 e. The maximum atomic E-state index is 3.71. The minimum atomic E-state index is 0.314. The molecule has 0 heterocycles. The molecule has 2 rings (SSSR count). The smallest absolute Gasteiger partial charge is 0.0537 e. The quantitative estimate of drug-likeness (QED) is 0.738. The highest BCUT2D eigenvalue weighted by molar-refractivity contribution is 9.10. The number of hydrogen-bond acceptors (Lipinski definition) is 1. The molecular formula is C18H22BrN. The molecule has 2 heteroatoms. The zero-order chi connectivity index (χ0) is 14.7. The van der Waals surface area contributed by atoms with E-state index in [9.17, 15) is 0 Å². The Morgan fingerprint density at radius 1 is 1.00 bits per heavy atom. The van der Waals surface area contributed by atoms with Crippen molar-refractivity contribution < 1.29 is 0 Å². The lowest BCUT2D eigenvalue weighted by Gasteiger charge is -2.26. The number of aryl methyl sites for hydroxylation is 2. The van der Waals surface area contributed by atoms with Gasteiger partial charge in [0.25, 0.3) is 0 Å². The van der Waals surface area contributed by atoms with Gasteiger partial charge in [0.05, 0.1) is 11.7 Å². The molecule has 1 unspecified atom stereocenters. The van der Waals surface area contributed by atoms with Crippen LogP contribution in [0.1, 0.15) is 36.6 Å². The number of benzene rings is 2. The summed E-state index contributed by atoms with van der Waals surface area (Å²) in [6, 6.07) is 15.3. The SMILES string of the molecule is Cc1cc(C)c(NC(c2ccccc2)C(C)C)c(Br)c1. The minimum absolute atomic E-state index is 0.314. The maximum absolute atomic E-state index is 3.71. The number of hydrogen-bond donors (Lipinski definition) is 1. The molecule has 0 radical (unpaired) electrons. The molecule has 0 aliphatic carbocycles. The summed E-state index contributed by atoms with van der Waals surface area (Å²) in [5.74, 6) is 0.519. The van der Waals surface area contributed by atoms with Gasteiger partial charge >= 0.3 is 0 Å². The Balaban J connectivity index is 2.35. The predicted octanol–water partition coefficient (Wildman–Crippen LogP) is 5.88. The molecule has 0 amide bonds. The molecule has 1 N–H and O–H groups in total. The van der Waals surface area contributed by atoms with Gasteiger partial charge in [0, 0.05) is 4.47 Å². The largest absolute Gasteiger partial charge is 0.377 e. The first-order valence-electron chi connectivity index (χ1n) is 7.07. The summed E-state index contributed by atoms with van der Waals surface area (Å²) in [7, 11) is 0. The van der Waals surface area contributed by atoms with Crippen LogP contribution in [0.5, 0.6) is 0 Å². The fourth-order valence-electron chi connectivity index (χ4n) is 2.55. The first-order valence-corrected chi connectivity index (χ1v) is 7.86. The van der Waals surface area contributed by atoms with E-state index in [-0.39, 0.29) is 0 Å². The van der Waals surface area contributed by atoms with Crippen molar-refractivity contribution in [2.45, 2.75) is 33.7 Å². The van der Waals surface area contributed by atoms with Crippen molar-refractivity contribution in [3.63, 3.8) is 0 Å². The third-order valence-corrected chi connectivity index (χ3v) is 4.18. The highest BCUT2D eigenvalue weighted by Crippen LogP contribution is 2.33. The molecule has 0 aliphatic heterocycles. The third kappa shape index (κ3) is 3.43. The Kier molecular flexibility index (Phi) is 4.87. The third-order valence-electron chi connectivity index (χ3n) is 3.56. The number of rotatable bonds is 4. The first kappa shape index (κ1) is 15.1. The molecular weight excluding hydrogens is 310 g/mol. The fraction of sp³-hybridized carbons (Fsp3) is 0.333. The van der Waals surface area contributed by atoms with Crippen LogP contribution < -0.4 is 5.32 Å². The van der Waals surface area contributed by atoms with Crippen molar-refractivity contribution >= 4 is 21.6 Å². The summed E-state index contributed by atoms with van der Waals surface area (Å²) in [5.41, 5.74) is 5.08. The normalized spacial score (nSPS) is 12.5. The first-order chi connectivity index (χ1) is 9.49. The van der Waals surface area contributed by atoms with Crippen molar-refractivity contribution in [3.05, 3.63) is 63.6 Å². The van der Waals surface area contributed by atoms with Gasteiger partial charge in [0.1, 0.15) is 0 Å². The van der Waals surface area contributed by atoms with Gasteiger partial charge in [-0.15, -0.1) is 0 Å². The van der Waals surface area contributed by atoms with Gasteiger partial charge in [-0.2, -0.15) is 0 Å². The number of anilines is 1. The van der Waals surface area contributed by atoms with E-state index in [1.54, 1.807) is 0 Å². The van der Waals surface area contributed by atoms with Crippen LogP contribution in [-0.4, -0.2) is 0 Å². The highest BCUT2D eigenvalue weighted by Gasteiger charge is 2.17. The lowest BCUT2D eigenvalue weighted by molar-refractivity contribution is 0.546. The summed E-state index contributed by atoms with van der Waals surface area (Å²) in [4.78, 5) is 0. The predicted molar refractivity (Wildman–Crippen MR) is 91.3 cm³/mol. The zero-order valence-electron chi connectivity index (χ0n) is 12.6. The molecule has 0 saturated carbocycles. The zero-order valence-corrected chi connectivity index (χ0v) is 14.2. The van der Waals surface area contributed by atoms with Crippen molar-refractivity contribution in [3.8, 4) is 0 Å². The van der Waals surface area contributed by atoms with Crippen LogP contribution in [0.3, 0.4) is 0 Å². The van der Waals surface area contributed by atoms with Gasteiger partial charge in [-0.3, -0.25) is 0 Å². The highest BCUT2D eigenvalue weighted by atomic mass is 79.9. The van der Waals surface area contributed by atoms with Crippen LogP contribution in [-0.2, 0) is 0 Å². The Labute approximate surface area is 130 Å². The number of halogens is 1. The lowest BCUT2D eigenvalue weighted by atomic mass is 9.95. The summed E-state index contributed by atoms with van der Waals surface area (Å²) in [6.07, 6.45) is 0. The van der Waals surface area contributed by atoms with E-state index in [4.69, 9.17) is 0 Å². The number of nitrogens with one attached hydrogen (secondary N) is 1. The van der Waals surface area contributed by atoms with Crippen molar-refractivity contribution in [1.29, 1.82) is 0 Å². The van der Waals surface area contributed by atoms with Crippen LogP contribution >= 0.6 is 15.9 Å². The fourth-order valence-corrected chi connectivity index (χ4v) is 3.34. The van der Waals surface area contributed by atoms with E-state index < -0.39 is 0 Å². The van der Waals surface area contributed by atoms with Crippen LogP contribution in [0.25, 0.3) is 0 Å². The molecule has 20 heavy (non-hydrogen) atoms. The minimum Gasteiger partial charge on any atom is -0.377 e. The molecule has 0 fully saturated rings. The second kappa shape index (κ2) is 6.45. The molecule has 0 aliphatic rings. The van der Waals surface area contributed by atoms with E-state index in [2.05, 4.69) is 91.4 Å². The van der Waals surface area contributed by atoms with Gasteiger partial charge < -0.3 is 5.32 Å². The molecule has 2 aromatic rings. The van der Waals surface area contributed by atoms with E-state index in [0.29, 0.717) is 12.0 Å². The van der Waals surface area contributed by atoms with Crippen molar-refractivity contribution in [2.24, 2.45) is 5.92 Å². The molecule has 1 nitrogen and oxygen atoms in total. The molecule has 0 spiro atoms. The van der Waals surface area contributed by atoms with E-state index in [1.165, 1.54) is 22.4 Å². The molecule has 0 bridgehead atoms. The van der Waals surface area contributed by atoms with E-state index >= 15 is 0 Å². The summed E-state index contributed by atoms with van der Waals surface area (Å²) in [6.45, 7) is 8.78. The molecule has 2 aromatic carbocycles. The average molecular weight is 332 g/mol. The Hall–Kier alpha value is -1.28. The summed E-state index contributed by atoms with van der Waals surface area (Å²) >= 11 is 3.69. The summed E-state index contributed by atoms with van der Waals surface area (Å²) in [5, 5.41) is 3.71. The van der Waals surface area contributed by atoms with Crippen LogP contribution in [0.15, 0.2) is 46.9 Å². The molecule has 106 valence electrons. The van der Waals surface area contributed by atoms with Gasteiger partial charge in [-0.1, -0.05) is 50.2 Å². The van der Waals surface area contributed by atoms with Crippen molar-refractivity contribution in [2.75, 3.05) is 5.32 Å². The topological polar surface area (TPSA) is 12.0 Å². The van der Waals surface area contributed by atoms with Crippen LogP contribution in [0.4, 0.5) is 5.69 Å². The standard InChI is InChI=1S/C18H22BrN/c1-12(2)17(15-8-6-5-7-9-15)20-18-14(4)10-13(3)11-16(18)19/h5-12,17,20H,1-4H3. The Morgan fingerprint density at radius 3 is 2.20 bits per heavy atom. The van der Waals surface area contributed by atoms with E-state index in [0.717, 1.165) is 4.47 Å². The second-order valence-electron chi connectivity index (χ2n) is 5.72. The van der Waals surface area contributed by atoms with Crippen molar-refractivity contribution in [1.82, 2.24) is 0 Å². The monoisotopic (exact) mass is 331 g/mol. The molecule has 0 saturated heterocycles. The van der Waals surface area contributed by atoms with Gasteiger partial charge in [-0.05, 0) is 58.5 Å². The Bertz CT molecular complexity index is 552. The van der Waals surface area contributed by atoms with Gasteiger partial charge in [0.15, 0.2) is 0 Å². The Morgan fingerprint density at radius 2 is 1.65 bits per heavy atom. The lowest BCUT2D eigenvalue weighted by Crippen LogP contribution is -2.17. The molecule has 0 aromatic heterocycles.